The summed E-state index contributed by atoms with van der Waals surface area (Å²) in [5, 5.41) is 12.6. The highest BCUT2D eigenvalue weighted by atomic mass is 32.2. The Balaban J connectivity index is 1.28. The molecule has 7 nitrogen and oxygen atoms in total. The summed E-state index contributed by atoms with van der Waals surface area (Å²) < 4.78 is 5.79. The predicted octanol–water partition coefficient (Wildman–Crippen LogP) is 3.88. The highest BCUT2D eigenvalue weighted by molar-refractivity contribution is 7.99. The third kappa shape index (κ3) is 5.17. The number of hydrogen-bond donors (Lipinski definition) is 2. The minimum Gasteiger partial charge on any atom is -0.372 e. The molecule has 0 aliphatic carbocycles. The zero-order chi connectivity index (χ0) is 20.2. The van der Waals surface area contributed by atoms with E-state index in [2.05, 4.69) is 39.2 Å². The van der Waals surface area contributed by atoms with Crippen LogP contribution in [-0.4, -0.2) is 52.1 Å². The Morgan fingerprint density at radius 3 is 2.72 bits per heavy atom. The van der Waals surface area contributed by atoms with Crippen LogP contribution in [0.2, 0.25) is 0 Å². The molecule has 3 aromatic rings. The fraction of sp³-hybridized carbons (Fsp3) is 0.350. The van der Waals surface area contributed by atoms with Crippen molar-refractivity contribution in [1.29, 1.82) is 0 Å². The maximum Gasteiger partial charge on any atom is 0.234 e. The van der Waals surface area contributed by atoms with E-state index in [1.54, 1.807) is 11.3 Å². The van der Waals surface area contributed by atoms with Crippen LogP contribution in [0, 0.1) is 0 Å². The van der Waals surface area contributed by atoms with E-state index in [1.807, 2.05) is 41.8 Å². The standard InChI is InChI=1S/C20H23N5O2S2/c1-13-10-25(11-14(2)27-13)16-7-5-15(6-8-16)21-18(26)12-29-20-22-19(23-24-20)17-4-3-9-28-17/h3-9,13-14H,10-12H2,1-2H3,(H,21,26)(H,22,23,24). The number of amides is 1. The second kappa shape index (κ2) is 8.98. The van der Waals surface area contributed by atoms with Gasteiger partial charge in [-0.05, 0) is 49.6 Å². The number of nitrogens with one attached hydrogen (secondary N) is 2. The SMILES string of the molecule is CC1CN(c2ccc(NC(=O)CSc3n[nH]c(-c4cccs4)n3)cc2)CC(C)O1. The number of thiophene rings is 1. The maximum atomic E-state index is 12.3. The number of carbonyl (C=O) groups excluding carboxylic acids is 1. The van der Waals surface area contributed by atoms with Gasteiger partial charge < -0.3 is 15.0 Å². The number of thioether (sulfide) groups is 1. The highest BCUT2D eigenvalue weighted by Crippen LogP contribution is 2.24. The van der Waals surface area contributed by atoms with E-state index >= 15 is 0 Å². The minimum absolute atomic E-state index is 0.0844. The number of nitrogens with zero attached hydrogens (tertiary/aromatic N) is 3. The van der Waals surface area contributed by atoms with E-state index in [0.29, 0.717) is 5.16 Å². The van der Waals surface area contributed by atoms with E-state index in [9.17, 15) is 4.79 Å². The molecule has 3 heterocycles. The minimum atomic E-state index is -0.0844. The van der Waals surface area contributed by atoms with Gasteiger partial charge in [-0.25, -0.2) is 4.98 Å². The molecule has 152 valence electrons. The van der Waals surface area contributed by atoms with Crippen LogP contribution in [0.5, 0.6) is 0 Å². The maximum absolute atomic E-state index is 12.3. The fourth-order valence-electron chi connectivity index (χ4n) is 3.31. The third-order valence-electron chi connectivity index (χ3n) is 4.49. The van der Waals surface area contributed by atoms with Gasteiger partial charge >= 0.3 is 0 Å². The van der Waals surface area contributed by atoms with Gasteiger partial charge in [0.15, 0.2) is 5.82 Å². The molecule has 9 heteroatoms. The fourth-order valence-corrected chi connectivity index (χ4v) is 4.57. The second-order valence-electron chi connectivity index (χ2n) is 6.99. The average molecular weight is 430 g/mol. The summed E-state index contributed by atoms with van der Waals surface area (Å²) in [7, 11) is 0. The summed E-state index contributed by atoms with van der Waals surface area (Å²) in [5.74, 6) is 0.895. The summed E-state index contributed by atoms with van der Waals surface area (Å²) in [6.07, 6.45) is 0.428. The molecule has 2 unspecified atom stereocenters. The molecule has 2 N–H and O–H groups in total. The smallest absolute Gasteiger partial charge is 0.234 e. The largest absolute Gasteiger partial charge is 0.372 e. The normalized spacial score (nSPS) is 19.3. The lowest BCUT2D eigenvalue weighted by atomic mass is 10.2. The van der Waals surface area contributed by atoms with Gasteiger partial charge in [0.2, 0.25) is 11.1 Å². The van der Waals surface area contributed by atoms with Crippen molar-refractivity contribution in [2.24, 2.45) is 0 Å². The first-order valence-corrected chi connectivity index (χ1v) is 11.3. The molecule has 0 spiro atoms. The number of carbonyl (C=O) groups is 1. The summed E-state index contributed by atoms with van der Waals surface area (Å²) in [6.45, 7) is 5.92. The van der Waals surface area contributed by atoms with Gasteiger partial charge in [-0.2, -0.15) is 0 Å². The van der Waals surface area contributed by atoms with Crippen LogP contribution in [0.3, 0.4) is 0 Å². The average Bonchev–Trinajstić information content (AvgIpc) is 3.38. The van der Waals surface area contributed by atoms with Crippen LogP contribution in [0.15, 0.2) is 46.9 Å². The number of morpholine rings is 1. The molecule has 0 saturated carbocycles. The Kier molecular flexibility index (Phi) is 6.17. The van der Waals surface area contributed by atoms with Crippen molar-refractivity contribution in [3.05, 3.63) is 41.8 Å². The van der Waals surface area contributed by atoms with Crippen LogP contribution in [-0.2, 0) is 9.53 Å². The quantitative estimate of drug-likeness (QED) is 0.579. The number of aromatic amines is 1. The van der Waals surface area contributed by atoms with Crippen LogP contribution < -0.4 is 10.2 Å². The van der Waals surface area contributed by atoms with Crippen molar-refractivity contribution in [3.8, 4) is 10.7 Å². The summed E-state index contributed by atoms with van der Waals surface area (Å²) >= 11 is 2.90. The number of aromatic nitrogens is 3. The monoisotopic (exact) mass is 429 g/mol. The first-order chi connectivity index (χ1) is 14.1. The molecule has 29 heavy (non-hydrogen) atoms. The molecule has 0 radical (unpaired) electrons. The molecule has 2 atom stereocenters. The van der Waals surface area contributed by atoms with Gasteiger partial charge in [0, 0.05) is 24.5 Å². The van der Waals surface area contributed by atoms with E-state index in [0.717, 1.165) is 35.2 Å². The first kappa shape index (κ1) is 19.9. The summed E-state index contributed by atoms with van der Waals surface area (Å²) in [4.78, 5) is 20.0. The molecule has 1 amide bonds. The zero-order valence-electron chi connectivity index (χ0n) is 16.3. The van der Waals surface area contributed by atoms with Gasteiger partial charge in [-0.1, -0.05) is 17.8 Å². The number of hydrogen-bond acceptors (Lipinski definition) is 7. The van der Waals surface area contributed by atoms with Gasteiger partial charge in [0.1, 0.15) is 0 Å². The van der Waals surface area contributed by atoms with E-state index in [4.69, 9.17) is 4.74 Å². The first-order valence-electron chi connectivity index (χ1n) is 9.46. The van der Waals surface area contributed by atoms with Gasteiger partial charge in [-0.15, -0.1) is 16.4 Å². The molecular weight excluding hydrogens is 406 g/mol. The zero-order valence-corrected chi connectivity index (χ0v) is 17.9. The number of rotatable bonds is 6. The Hall–Kier alpha value is -2.36. The van der Waals surface area contributed by atoms with Crippen molar-refractivity contribution in [2.75, 3.05) is 29.1 Å². The molecule has 1 aliphatic heterocycles. The topological polar surface area (TPSA) is 83.1 Å². The lowest BCUT2D eigenvalue weighted by Gasteiger charge is -2.36. The molecule has 2 aromatic heterocycles. The molecule has 4 rings (SSSR count). The molecule has 1 aliphatic rings. The predicted molar refractivity (Wildman–Crippen MR) is 118 cm³/mol. The molecule has 1 saturated heterocycles. The van der Waals surface area contributed by atoms with E-state index < -0.39 is 0 Å². The molecule has 1 aromatic carbocycles. The van der Waals surface area contributed by atoms with Gasteiger partial charge in [0.25, 0.3) is 0 Å². The number of ether oxygens (including phenoxy) is 1. The molecule has 0 bridgehead atoms. The lowest BCUT2D eigenvalue weighted by Crippen LogP contribution is -2.45. The third-order valence-corrected chi connectivity index (χ3v) is 6.21. The Morgan fingerprint density at radius 2 is 2.03 bits per heavy atom. The van der Waals surface area contributed by atoms with Crippen molar-refractivity contribution in [2.45, 2.75) is 31.2 Å². The van der Waals surface area contributed by atoms with E-state index in [1.165, 1.54) is 11.8 Å². The number of H-pyrrole nitrogens is 1. The van der Waals surface area contributed by atoms with Crippen LogP contribution >= 0.6 is 23.1 Å². The number of benzene rings is 1. The molecule has 1 fully saturated rings. The van der Waals surface area contributed by atoms with Crippen LogP contribution in [0.4, 0.5) is 11.4 Å². The second-order valence-corrected chi connectivity index (χ2v) is 8.88. The van der Waals surface area contributed by atoms with E-state index in [-0.39, 0.29) is 23.9 Å². The van der Waals surface area contributed by atoms with Crippen molar-refractivity contribution < 1.29 is 9.53 Å². The summed E-state index contributed by atoms with van der Waals surface area (Å²) in [6, 6.07) is 11.9. The summed E-state index contributed by atoms with van der Waals surface area (Å²) in [5.41, 5.74) is 1.92. The van der Waals surface area contributed by atoms with Crippen molar-refractivity contribution >= 4 is 40.4 Å². The highest BCUT2D eigenvalue weighted by Gasteiger charge is 2.22. The van der Waals surface area contributed by atoms with Gasteiger partial charge in [-0.3, -0.25) is 9.89 Å². The van der Waals surface area contributed by atoms with Crippen molar-refractivity contribution in [1.82, 2.24) is 15.2 Å². The van der Waals surface area contributed by atoms with Gasteiger partial charge in [0.05, 0.1) is 22.8 Å². The Labute approximate surface area is 177 Å². The molecular formula is C20H23N5O2S2. The number of anilines is 2. The van der Waals surface area contributed by atoms with Crippen molar-refractivity contribution in [3.63, 3.8) is 0 Å². The van der Waals surface area contributed by atoms with Crippen LogP contribution in [0.25, 0.3) is 10.7 Å². The Morgan fingerprint density at radius 1 is 1.28 bits per heavy atom. The lowest BCUT2D eigenvalue weighted by molar-refractivity contribution is -0.113. The Bertz CT molecular complexity index is 932. The van der Waals surface area contributed by atoms with Crippen LogP contribution in [0.1, 0.15) is 13.8 Å².